The van der Waals surface area contributed by atoms with Crippen molar-refractivity contribution < 1.29 is 24.2 Å². The van der Waals surface area contributed by atoms with Gasteiger partial charge in [0.1, 0.15) is 5.78 Å². The van der Waals surface area contributed by atoms with Gasteiger partial charge < -0.3 is 15.1 Å². The van der Waals surface area contributed by atoms with E-state index in [2.05, 4.69) is 6.92 Å². The van der Waals surface area contributed by atoms with Crippen LogP contribution in [-0.4, -0.2) is 52.3 Å². The molecule has 0 aliphatic rings. The Bertz CT molecular complexity index is 449. The standard InChI is InChI=1S/C23H50NO5P/c1-5-7-8-9-10-11-12-13-14-15-16-17-18-19-20-23(26,6-2)29-30(27,28)22(21-25)24(3)4/h22,25-26H,5-21H2,1-4H3,(H,27,28). The minimum absolute atomic E-state index is 0.238. The lowest BCUT2D eigenvalue weighted by Gasteiger charge is -2.34. The van der Waals surface area contributed by atoms with Crippen molar-refractivity contribution in [1.29, 1.82) is 0 Å². The van der Waals surface area contributed by atoms with Crippen molar-refractivity contribution in [3.63, 3.8) is 0 Å². The predicted molar refractivity (Wildman–Crippen MR) is 126 cm³/mol. The molecular weight excluding hydrogens is 401 g/mol. The summed E-state index contributed by atoms with van der Waals surface area (Å²) in [5.41, 5.74) is 0. The van der Waals surface area contributed by atoms with Gasteiger partial charge in [-0.1, -0.05) is 97.3 Å². The van der Waals surface area contributed by atoms with Gasteiger partial charge in [0.25, 0.3) is 0 Å². The van der Waals surface area contributed by atoms with E-state index in [9.17, 15) is 19.7 Å². The number of likely N-dealkylation sites (N-methyl/N-ethyl adjacent to an activating group) is 1. The van der Waals surface area contributed by atoms with Crippen molar-refractivity contribution in [2.45, 2.75) is 128 Å². The highest BCUT2D eigenvalue weighted by Crippen LogP contribution is 2.52. The van der Waals surface area contributed by atoms with Crippen LogP contribution in [0, 0.1) is 0 Å². The lowest BCUT2D eigenvalue weighted by atomic mass is 10.0. The average molecular weight is 452 g/mol. The summed E-state index contributed by atoms with van der Waals surface area (Å²) >= 11 is 0. The summed E-state index contributed by atoms with van der Waals surface area (Å²) < 4.78 is 17.7. The molecule has 0 saturated carbocycles. The molecule has 0 heterocycles. The number of aliphatic hydroxyl groups is 2. The molecule has 0 rings (SSSR count). The Morgan fingerprint density at radius 2 is 1.23 bits per heavy atom. The molecule has 0 aromatic rings. The van der Waals surface area contributed by atoms with Gasteiger partial charge in [-0.25, -0.2) is 0 Å². The lowest BCUT2D eigenvalue weighted by molar-refractivity contribution is -0.152. The molecule has 30 heavy (non-hydrogen) atoms. The first-order valence-corrected chi connectivity index (χ1v) is 13.9. The molecule has 182 valence electrons. The van der Waals surface area contributed by atoms with Crippen LogP contribution >= 0.6 is 7.60 Å². The van der Waals surface area contributed by atoms with Crippen LogP contribution in [0.4, 0.5) is 0 Å². The normalized spacial score (nSPS) is 17.1. The number of unbranched alkanes of at least 4 members (excludes halogenated alkanes) is 13. The summed E-state index contributed by atoms with van der Waals surface area (Å²) in [7, 11) is -0.953. The molecule has 0 spiro atoms. The zero-order valence-corrected chi connectivity index (χ0v) is 21.0. The van der Waals surface area contributed by atoms with Gasteiger partial charge in [0.15, 0.2) is 5.79 Å². The first kappa shape index (κ1) is 30.0. The SMILES string of the molecule is CCCCCCCCCCCCCCCCC(O)(CC)OP(=O)(O)C(CO)N(C)C. The fourth-order valence-electron chi connectivity index (χ4n) is 3.75. The summed E-state index contributed by atoms with van der Waals surface area (Å²) in [6, 6.07) is 0. The third-order valence-electron chi connectivity index (χ3n) is 5.91. The van der Waals surface area contributed by atoms with Gasteiger partial charge >= 0.3 is 7.60 Å². The molecule has 0 aromatic heterocycles. The highest BCUT2D eigenvalue weighted by Gasteiger charge is 2.41. The molecule has 3 N–H and O–H groups in total. The first-order valence-electron chi connectivity index (χ1n) is 12.2. The lowest BCUT2D eigenvalue weighted by Crippen LogP contribution is -2.37. The van der Waals surface area contributed by atoms with Crippen molar-refractivity contribution in [1.82, 2.24) is 4.90 Å². The van der Waals surface area contributed by atoms with Gasteiger partial charge in [-0.3, -0.25) is 14.0 Å². The van der Waals surface area contributed by atoms with E-state index in [1.54, 1.807) is 21.0 Å². The third kappa shape index (κ3) is 14.2. The van der Waals surface area contributed by atoms with Crippen molar-refractivity contribution in [3.05, 3.63) is 0 Å². The number of aliphatic hydroxyl groups excluding tert-OH is 1. The van der Waals surface area contributed by atoms with Gasteiger partial charge in [0.05, 0.1) is 6.61 Å². The van der Waals surface area contributed by atoms with Gasteiger partial charge in [-0.15, -0.1) is 0 Å². The smallest absolute Gasteiger partial charge is 0.349 e. The molecule has 6 nitrogen and oxygen atoms in total. The van der Waals surface area contributed by atoms with Crippen LogP contribution < -0.4 is 0 Å². The molecule has 0 amide bonds. The Balaban J connectivity index is 3.88. The predicted octanol–water partition coefficient (Wildman–Crippen LogP) is 6.04. The van der Waals surface area contributed by atoms with E-state index in [-0.39, 0.29) is 6.42 Å². The van der Waals surface area contributed by atoms with Crippen LogP contribution in [0.5, 0.6) is 0 Å². The molecule has 3 unspecified atom stereocenters. The molecule has 0 radical (unpaired) electrons. The Morgan fingerprint density at radius 1 is 0.833 bits per heavy atom. The number of rotatable bonds is 21. The van der Waals surface area contributed by atoms with E-state index in [4.69, 9.17) is 4.52 Å². The second-order valence-corrected chi connectivity index (χ2v) is 10.8. The summed E-state index contributed by atoms with van der Waals surface area (Å²) in [6.07, 6.45) is 18.1. The van der Waals surface area contributed by atoms with Crippen molar-refractivity contribution in [2.75, 3.05) is 20.7 Å². The number of hydrogen-bond acceptors (Lipinski definition) is 5. The Labute approximate surface area is 185 Å². The van der Waals surface area contributed by atoms with Crippen LogP contribution in [-0.2, 0) is 9.09 Å². The monoisotopic (exact) mass is 451 g/mol. The van der Waals surface area contributed by atoms with Crippen molar-refractivity contribution >= 4 is 7.60 Å². The molecule has 0 aromatic carbocycles. The molecular formula is C23H50NO5P. The Morgan fingerprint density at radius 3 is 1.57 bits per heavy atom. The van der Waals surface area contributed by atoms with E-state index in [1.807, 2.05) is 0 Å². The summed E-state index contributed by atoms with van der Waals surface area (Å²) in [5.74, 6) is -2.66. The maximum Gasteiger partial charge on any atom is 0.349 e. The summed E-state index contributed by atoms with van der Waals surface area (Å²) in [6.45, 7) is 3.50. The van der Waals surface area contributed by atoms with E-state index < -0.39 is 25.8 Å². The van der Waals surface area contributed by atoms with Gasteiger partial charge in [0.2, 0.25) is 0 Å². The fourth-order valence-corrected chi connectivity index (χ4v) is 5.36. The summed E-state index contributed by atoms with van der Waals surface area (Å²) in [5, 5.41) is 20.0. The van der Waals surface area contributed by atoms with Crippen LogP contribution in [0.2, 0.25) is 0 Å². The van der Waals surface area contributed by atoms with Crippen LogP contribution in [0.25, 0.3) is 0 Å². The minimum Gasteiger partial charge on any atom is -0.394 e. The third-order valence-corrected chi connectivity index (χ3v) is 7.89. The minimum atomic E-state index is -4.16. The number of hydrogen-bond donors (Lipinski definition) is 3. The van der Waals surface area contributed by atoms with Crippen LogP contribution in [0.1, 0.15) is 117 Å². The molecule has 0 aliphatic carbocycles. The highest BCUT2D eigenvalue weighted by atomic mass is 31.2. The van der Waals surface area contributed by atoms with Gasteiger partial charge in [-0.05, 0) is 26.9 Å². The van der Waals surface area contributed by atoms with E-state index >= 15 is 0 Å². The van der Waals surface area contributed by atoms with E-state index in [0.717, 1.165) is 19.3 Å². The second-order valence-electron chi connectivity index (χ2n) is 8.93. The van der Waals surface area contributed by atoms with Crippen LogP contribution in [0.15, 0.2) is 0 Å². The van der Waals surface area contributed by atoms with E-state index in [1.165, 1.54) is 75.5 Å². The molecule has 3 atom stereocenters. The van der Waals surface area contributed by atoms with Gasteiger partial charge in [0, 0.05) is 6.42 Å². The maximum absolute atomic E-state index is 12.5. The Kier molecular flexibility index (Phi) is 17.6. The maximum atomic E-state index is 12.5. The second kappa shape index (κ2) is 17.6. The molecule has 0 bridgehead atoms. The Hall–Kier alpha value is 0.0300. The zero-order valence-electron chi connectivity index (χ0n) is 20.2. The molecule has 7 heteroatoms. The summed E-state index contributed by atoms with van der Waals surface area (Å²) in [4.78, 5) is 11.6. The van der Waals surface area contributed by atoms with Crippen molar-refractivity contribution in [3.8, 4) is 0 Å². The van der Waals surface area contributed by atoms with Gasteiger partial charge in [-0.2, -0.15) is 0 Å². The highest BCUT2D eigenvalue weighted by molar-refractivity contribution is 7.53. The topological polar surface area (TPSA) is 90.2 Å². The first-order chi connectivity index (χ1) is 14.2. The number of nitrogens with zero attached hydrogens (tertiary/aromatic N) is 1. The largest absolute Gasteiger partial charge is 0.394 e. The van der Waals surface area contributed by atoms with Crippen LogP contribution in [0.3, 0.4) is 0 Å². The zero-order chi connectivity index (χ0) is 22.9. The van der Waals surface area contributed by atoms with E-state index in [0.29, 0.717) is 6.42 Å². The molecule has 0 saturated heterocycles. The fraction of sp³-hybridized carbons (Fsp3) is 1.00. The quantitative estimate of drug-likeness (QED) is 0.112. The average Bonchev–Trinajstić information content (AvgIpc) is 2.67. The molecule has 0 aliphatic heterocycles. The van der Waals surface area contributed by atoms with Crippen molar-refractivity contribution in [2.24, 2.45) is 0 Å². The molecule has 0 fully saturated rings.